The van der Waals surface area contributed by atoms with E-state index < -0.39 is 0 Å². The Morgan fingerprint density at radius 2 is 2.17 bits per heavy atom. The number of para-hydroxylation sites is 1. The van der Waals surface area contributed by atoms with Crippen molar-refractivity contribution in [1.82, 2.24) is 9.88 Å². The zero-order valence-corrected chi connectivity index (χ0v) is 11.3. The summed E-state index contributed by atoms with van der Waals surface area (Å²) in [6.07, 6.45) is 4.52. The fraction of sp³-hybridized carbons (Fsp3) is 0.375. The molecule has 1 N–H and O–H groups in total. The van der Waals surface area contributed by atoms with Crippen LogP contribution >= 0.6 is 0 Å². The van der Waals surface area contributed by atoms with Crippen molar-refractivity contribution < 1.29 is 0 Å². The monoisotopic (exact) mass is 240 g/mol. The summed E-state index contributed by atoms with van der Waals surface area (Å²) < 4.78 is 0. The molecule has 0 bridgehead atoms. The summed E-state index contributed by atoms with van der Waals surface area (Å²) in [7, 11) is 2.20. The Balaban J connectivity index is 2.14. The first-order valence-electron chi connectivity index (χ1n) is 6.61. The van der Waals surface area contributed by atoms with Crippen LogP contribution in [0.5, 0.6) is 0 Å². The van der Waals surface area contributed by atoms with Crippen LogP contribution in [-0.2, 0) is 0 Å². The van der Waals surface area contributed by atoms with E-state index >= 15 is 0 Å². The largest absolute Gasteiger partial charge is 0.360 e. The SMILES string of the molecule is Cc1c[nH]c2c(C3=CC(C)CN(C)C3)cccc12. The third-order valence-electron chi connectivity index (χ3n) is 3.79. The lowest BCUT2D eigenvalue weighted by atomic mass is 9.95. The minimum absolute atomic E-state index is 0.630. The molecule has 0 spiro atoms. The van der Waals surface area contributed by atoms with Gasteiger partial charge in [-0.3, -0.25) is 0 Å². The van der Waals surface area contributed by atoms with Gasteiger partial charge in [-0.25, -0.2) is 0 Å². The summed E-state index contributed by atoms with van der Waals surface area (Å²) in [5.74, 6) is 0.630. The summed E-state index contributed by atoms with van der Waals surface area (Å²) in [5, 5.41) is 1.34. The molecule has 0 saturated carbocycles. The molecule has 1 aromatic heterocycles. The second-order valence-electron chi connectivity index (χ2n) is 5.57. The van der Waals surface area contributed by atoms with E-state index in [2.05, 4.69) is 61.3 Å². The average molecular weight is 240 g/mol. The van der Waals surface area contributed by atoms with Crippen LogP contribution in [0.4, 0.5) is 0 Å². The molecule has 0 aliphatic carbocycles. The number of nitrogens with one attached hydrogen (secondary N) is 1. The third kappa shape index (κ3) is 1.87. The van der Waals surface area contributed by atoms with E-state index in [4.69, 9.17) is 0 Å². The minimum atomic E-state index is 0.630. The van der Waals surface area contributed by atoms with E-state index in [9.17, 15) is 0 Å². The number of aromatic amines is 1. The van der Waals surface area contributed by atoms with Crippen molar-refractivity contribution >= 4 is 16.5 Å². The summed E-state index contributed by atoms with van der Waals surface area (Å²) in [6, 6.07) is 6.59. The molecule has 1 aliphatic heterocycles. The molecule has 1 atom stereocenters. The zero-order valence-electron chi connectivity index (χ0n) is 11.3. The number of fused-ring (bicyclic) bond motifs is 1. The van der Waals surface area contributed by atoms with E-state index in [1.54, 1.807) is 0 Å². The molecule has 3 rings (SSSR count). The average Bonchev–Trinajstić information content (AvgIpc) is 2.70. The van der Waals surface area contributed by atoms with Gasteiger partial charge < -0.3 is 9.88 Å². The molecule has 0 amide bonds. The molecule has 1 aromatic carbocycles. The Morgan fingerprint density at radius 3 is 2.94 bits per heavy atom. The number of likely N-dealkylation sites (N-methyl/N-ethyl adjacent to an activating group) is 1. The van der Waals surface area contributed by atoms with Gasteiger partial charge in [0.2, 0.25) is 0 Å². The van der Waals surface area contributed by atoms with Gasteiger partial charge in [0.15, 0.2) is 0 Å². The highest BCUT2D eigenvalue weighted by atomic mass is 15.1. The molecule has 0 fully saturated rings. The predicted octanol–water partition coefficient (Wildman–Crippen LogP) is 3.44. The number of hydrogen-bond donors (Lipinski definition) is 1. The van der Waals surface area contributed by atoms with Crippen LogP contribution in [-0.4, -0.2) is 30.0 Å². The van der Waals surface area contributed by atoms with E-state index in [1.165, 1.54) is 27.6 Å². The van der Waals surface area contributed by atoms with Crippen molar-refractivity contribution in [2.45, 2.75) is 13.8 Å². The van der Waals surface area contributed by atoms with Gasteiger partial charge in [0.1, 0.15) is 0 Å². The van der Waals surface area contributed by atoms with Gasteiger partial charge in [0.05, 0.1) is 5.52 Å². The third-order valence-corrected chi connectivity index (χ3v) is 3.79. The molecule has 2 heterocycles. The molecule has 2 nitrogen and oxygen atoms in total. The Morgan fingerprint density at radius 1 is 1.33 bits per heavy atom. The van der Waals surface area contributed by atoms with E-state index in [1.807, 2.05) is 0 Å². The number of H-pyrrole nitrogens is 1. The minimum Gasteiger partial charge on any atom is -0.360 e. The topological polar surface area (TPSA) is 19.0 Å². The summed E-state index contributed by atoms with van der Waals surface area (Å²) >= 11 is 0. The number of benzene rings is 1. The summed E-state index contributed by atoms with van der Waals surface area (Å²) in [4.78, 5) is 5.82. The standard InChI is InChI=1S/C16H20N2/c1-11-7-13(10-18(3)9-11)15-6-4-5-14-12(2)8-17-16(14)15/h4-8,11,17H,9-10H2,1-3H3. The lowest BCUT2D eigenvalue weighted by Crippen LogP contribution is -2.29. The maximum Gasteiger partial charge on any atom is 0.0533 e. The number of nitrogens with zero attached hydrogens (tertiary/aromatic N) is 1. The van der Waals surface area contributed by atoms with Crippen LogP contribution in [0.25, 0.3) is 16.5 Å². The molecule has 2 heteroatoms. The normalized spacial score (nSPS) is 21.3. The van der Waals surface area contributed by atoms with E-state index in [0.29, 0.717) is 5.92 Å². The summed E-state index contributed by atoms with van der Waals surface area (Å²) in [5.41, 5.74) is 5.41. The molecule has 1 aliphatic rings. The van der Waals surface area contributed by atoms with Crippen molar-refractivity contribution in [3.8, 4) is 0 Å². The fourth-order valence-electron chi connectivity index (χ4n) is 3.03. The van der Waals surface area contributed by atoms with Crippen molar-refractivity contribution in [1.29, 1.82) is 0 Å². The molecule has 0 saturated heterocycles. The quantitative estimate of drug-likeness (QED) is 0.809. The van der Waals surface area contributed by atoms with E-state index in [0.717, 1.165) is 13.1 Å². The number of aryl methyl sites for hydroxylation is 1. The van der Waals surface area contributed by atoms with Crippen molar-refractivity contribution in [3.63, 3.8) is 0 Å². The van der Waals surface area contributed by atoms with Crippen LogP contribution < -0.4 is 0 Å². The van der Waals surface area contributed by atoms with Gasteiger partial charge in [-0.05, 0) is 31.0 Å². The van der Waals surface area contributed by atoms with Gasteiger partial charge in [-0.1, -0.05) is 31.2 Å². The van der Waals surface area contributed by atoms with E-state index in [-0.39, 0.29) is 0 Å². The summed E-state index contributed by atoms with van der Waals surface area (Å²) in [6.45, 7) is 6.65. The number of aromatic nitrogens is 1. The highest BCUT2D eigenvalue weighted by molar-refractivity contribution is 5.93. The second kappa shape index (κ2) is 4.29. The molecular weight excluding hydrogens is 220 g/mol. The maximum absolute atomic E-state index is 3.42. The first-order valence-corrected chi connectivity index (χ1v) is 6.61. The Labute approximate surface area is 108 Å². The van der Waals surface area contributed by atoms with Crippen molar-refractivity contribution in [2.24, 2.45) is 5.92 Å². The van der Waals surface area contributed by atoms with Crippen molar-refractivity contribution in [3.05, 3.63) is 41.6 Å². The van der Waals surface area contributed by atoms with Crippen LogP contribution in [0.2, 0.25) is 0 Å². The van der Waals surface area contributed by atoms with Crippen LogP contribution in [0.3, 0.4) is 0 Å². The zero-order chi connectivity index (χ0) is 12.7. The van der Waals surface area contributed by atoms with Gasteiger partial charge in [-0.15, -0.1) is 0 Å². The van der Waals surface area contributed by atoms with Crippen LogP contribution in [0, 0.1) is 12.8 Å². The highest BCUT2D eigenvalue weighted by Gasteiger charge is 2.17. The molecule has 1 unspecified atom stereocenters. The van der Waals surface area contributed by atoms with Gasteiger partial charge in [0.25, 0.3) is 0 Å². The second-order valence-corrected chi connectivity index (χ2v) is 5.57. The fourth-order valence-corrected chi connectivity index (χ4v) is 3.03. The molecule has 2 aromatic rings. The van der Waals surface area contributed by atoms with Crippen LogP contribution in [0.1, 0.15) is 18.1 Å². The first kappa shape index (κ1) is 11.5. The lowest BCUT2D eigenvalue weighted by Gasteiger charge is -2.27. The Hall–Kier alpha value is -1.54. The van der Waals surface area contributed by atoms with Gasteiger partial charge in [0, 0.05) is 30.2 Å². The lowest BCUT2D eigenvalue weighted by molar-refractivity contribution is 0.330. The molecule has 0 radical (unpaired) electrons. The molecule has 94 valence electrons. The Kier molecular flexibility index (Phi) is 2.75. The highest BCUT2D eigenvalue weighted by Crippen LogP contribution is 2.29. The number of hydrogen-bond acceptors (Lipinski definition) is 1. The maximum atomic E-state index is 3.42. The van der Waals surface area contributed by atoms with Gasteiger partial charge in [-0.2, -0.15) is 0 Å². The van der Waals surface area contributed by atoms with Gasteiger partial charge >= 0.3 is 0 Å². The predicted molar refractivity (Wildman–Crippen MR) is 77.7 cm³/mol. The first-order chi connectivity index (χ1) is 8.65. The molecule has 18 heavy (non-hydrogen) atoms. The smallest absolute Gasteiger partial charge is 0.0533 e. The van der Waals surface area contributed by atoms with Crippen molar-refractivity contribution in [2.75, 3.05) is 20.1 Å². The molecular formula is C16H20N2. The van der Waals surface area contributed by atoms with Crippen LogP contribution in [0.15, 0.2) is 30.5 Å². The number of rotatable bonds is 1. The Bertz CT molecular complexity index is 607.